The van der Waals surface area contributed by atoms with E-state index in [-0.39, 0.29) is 0 Å². The number of aromatic amines is 1. The first-order chi connectivity index (χ1) is 9.28. The monoisotopic (exact) mass is 249 g/mol. The quantitative estimate of drug-likeness (QED) is 0.695. The van der Waals surface area contributed by atoms with E-state index < -0.39 is 0 Å². The first kappa shape index (κ1) is 11.7. The molecular formula is C17H15NO. The van der Waals surface area contributed by atoms with Crippen LogP contribution in [0.1, 0.15) is 34.5 Å². The van der Waals surface area contributed by atoms with E-state index >= 15 is 0 Å². The Balaban J connectivity index is 2.03. The minimum atomic E-state index is 0.313. The fraction of sp³-hybridized carbons (Fsp3) is 0.118. The Hall–Kier alpha value is -2.35. The molecule has 0 amide bonds. The molecule has 3 aromatic rings. The third kappa shape index (κ3) is 2.17. The minimum absolute atomic E-state index is 0.313. The molecule has 1 heterocycles. The summed E-state index contributed by atoms with van der Waals surface area (Å²) in [6.07, 6.45) is 0.876. The highest BCUT2D eigenvalue weighted by Crippen LogP contribution is 2.26. The van der Waals surface area contributed by atoms with Gasteiger partial charge in [-0.3, -0.25) is 4.79 Å². The van der Waals surface area contributed by atoms with Crippen molar-refractivity contribution in [1.82, 2.24) is 4.98 Å². The van der Waals surface area contributed by atoms with Crippen LogP contribution in [0.15, 0.2) is 54.6 Å². The highest BCUT2D eigenvalue weighted by atomic mass is 16.1. The Kier molecular flexibility index (Phi) is 2.92. The topological polar surface area (TPSA) is 32.9 Å². The number of fused-ring (bicyclic) bond motifs is 1. The maximum atomic E-state index is 10.8. The number of aldehydes is 1. The molecule has 0 aliphatic heterocycles. The van der Waals surface area contributed by atoms with Crippen LogP contribution in [-0.4, -0.2) is 11.3 Å². The molecule has 1 aromatic heterocycles. The maximum absolute atomic E-state index is 10.8. The van der Waals surface area contributed by atoms with Gasteiger partial charge in [0.25, 0.3) is 0 Å². The molecule has 19 heavy (non-hydrogen) atoms. The van der Waals surface area contributed by atoms with Crippen LogP contribution in [0.25, 0.3) is 10.9 Å². The molecule has 0 bridgehead atoms. The number of nitrogens with one attached hydrogen (secondary N) is 1. The van der Waals surface area contributed by atoms with Gasteiger partial charge in [-0.1, -0.05) is 49.4 Å². The lowest BCUT2D eigenvalue weighted by Gasteiger charge is -2.09. The van der Waals surface area contributed by atoms with Crippen LogP contribution in [0.3, 0.4) is 0 Å². The van der Waals surface area contributed by atoms with Crippen molar-refractivity contribution in [3.05, 3.63) is 71.4 Å². The third-order valence-electron chi connectivity index (χ3n) is 3.57. The summed E-state index contributed by atoms with van der Waals surface area (Å²) in [5.74, 6) is 0.313. The van der Waals surface area contributed by atoms with E-state index in [4.69, 9.17) is 0 Å². The highest BCUT2D eigenvalue weighted by Gasteiger charge is 2.11. The molecule has 2 aromatic carbocycles. The number of carbonyl (C=O) groups is 1. The fourth-order valence-corrected chi connectivity index (χ4v) is 2.39. The minimum Gasteiger partial charge on any atom is -0.358 e. The maximum Gasteiger partial charge on any atom is 0.150 e. The molecule has 1 N–H and O–H groups in total. The van der Waals surface area contributed by atoms with E-state index in [1.54, 1.807) is 0 Å². The number of benzene rings is 2. The molecule has 1 unspecified atom stereocenters. The Morgan fingerprint density at radius 3 is 2.58 bits per heavy atom. The molecule has 0 aliphatic carbocycles. The number of H-pyrrole nitrogens is 1. The second-order valence-corrected chi connectivity index (χ2v) is 4.82. The van der Waals surface area contributed by atoms with Gasteiger partial charge in [-0.05, 0) is 23.1 Å². The second kappa shape index (κ2) is 4.73. The average molecular weight is 249 g/mol. The summed E-state index contributed by atoms with van der Waals surface area (Å²) in [7, 11) is 0. The van der Waals surface area contributed by atoms with Crippen LogP contribution in [0.4, 0.5) is 0 Å². The van der Waals surface area contributed by atoms with Crippen molar-refractivity contribution in [1.29, 1.82) is 0 Å². The molecule has 3 rings (SSSR count). The zero-order valence-electron chi connectivity index (χ0n) is 10.8. The van der Waals surface area contributed by atoms with Crippen molar-refractivity contribution in [3.8, 4) is 0 Å². The number of rotatable bonds is 3. The standard InChI is InChI=1S/C17H15NO/c1-12(14-5-3-2-4-6-14)16-10-15-8-7-13(11-19)9-17(15)18-16/h2-12,18H,1H3. The Bertz CT molecular complexity index is 712. The van der Waals surface area contributed by atoms with Gasteiger partial charge in [0.05, 0.1) is 0 Å². The average Bonchev–Trinajstić information content (AvgIpc) is 2.90. The van der Waals surface area contributed by atoms with Crippen molar-refractivity contribution in [3.63, 3.8) is 0 Å². The van der Waals surface area contributed by atoms with E-state index in [0.717, 1.165) is 17.2 Å². The molecule has 0 fully saturated rings. The van der Waals surface area contributed by atoms with E-state index in [1.165, 1.54) is 11.3 Å². The number of aromatic nitrogens is 1. The SMILES string of the molecule is CC(c1ccccc1)c1cc2ccc(C=O)cc2[nH]1. The van der Waals surface area contributed by atoms with E-state index in [2.05, 4.69) is 42.2 Å². The second-order valence-electron chi connectivity index (χ2n) is 4.82. The third-order valence-corrected chi connectivity index (χ3v) is 3.57. The summed E-state index contributed by atoms with van der Waals surface area (Å²) in [6.45, 7) is 2.18. The van der Waals surface area contributed by atoms with Crippen LogP contribution in [0.5, 0.6) is 0 Å². The Labute approximate surface area is 112 Å². The summed E-state index contributed by atoms with van der Waals surface area (Å²) < 4.78 is 0. The van der Waals surface area contributed by atoms with Gasteiger partial charge < -0.3 is 4.98 Å². The lowest BCUT2D eigenvalue weighted by Crippen LogP contribution is -1.95. The summed E-state index contributed by atoms with van der Waals surface area (Å²) in [5.41, 5.74) is 4.17. The molecule has 0 saturated carbocycles. The Morgan fingerprint density at radius 1 is 1.05 bits per heavy atom. The van der Waals surface area contributed by atoms with Crippen molar-refractivity contribution in [2.45, 2.75) is 12.8 Å². The van der Waals surface area contributed by atoms with E-state index in [9.17, 15) is 4.79 Å². The lowest BCUT2D eigenvalue weighted by molar-refractivity contribution is 0.112. The Morgan fingerprint density at radius 2 is 1.84 bits per heavy atom. The van der Waals surface area contributed by atoms with Gasteiger partial charge in [0, 0.05) is 22.7 Å². The van der Waals surface area contributed by atoms with E-state index in [1.807, 2.05) is 24.3 Å². The number of hydrogen-bond donors (Lipinski definition) is 1. The number of carbonyl (C=O) groups excluding carboxylic acids is 1. The lowest BCUT2D eigenvalue weighted by atomic mass is 9.98. The number of hydrogen-bond acceptors (Lipinski definition) is 1. The van der Waals surface area contributed by atoms with Crippen LogP contribution in [0, 0.1) is 0 Å². The smallest absolute Gasteiger partial charge is 0.150 e. The molecule has 94 valence electrons. The van der Waals surface area contributed by atoms with Crippen LogP contribution in [-0.2, 0) is 0 Å². The molecule has 2 heteroatoms. The van der Waals surface area contributed by atoms with Gasteiger partial charge in [-0.15, -0.1) is 0 Å². The van der Waals surface area contributed by atoms with Crippen LogP contribution in [0.2, 0.25) is 0 Å². The zero-order valence-corrected chi connectivity index (χ0v) is 10.8. The van der Waals surface area contributed by atoms with Gasteiger partial charge >= 0.3 is 0 Å². The van der Waals surface area contributed by atoms with E-state index in [0.29, 0.717) is 11.5 Å². The molecular weight excluding hydrogens is 234 g/mol. The predicted molar refractivity (Wildman–Crippen MR) is 77.6 cm³/mol. The van der Waals surface area contributed by atoms with Gasteiger partial charge in [0.2, 0.25) is 0 Å². The first-order valence-corrected chi connectivity index (χ1v) is 6.41. The van der Waals surface area contributed by atoms with Crippen LogP contribution < -0.4 is 0 Å². The summed E-state index contributed by atoms with van der Waals surface area (Å²) in [6, 6.07) is 18.3. The highest BCUT2D eigenvalue weighted by molar-refractivity contribution is 5.87. The van der Waals surface area contributed by atoms with Gasteiger partial charge in [0.15, 0.2) is 0 Å². The van der Waals surface area contributed by atoms with Gasteiger partial charge in [0.1, 0.15) is 6.29 Å². The zero-order chi connectivity index (χ0) is 13.2. The van der Waals surface area contributed by atoms with Crippen LogP contribution >= 0.6 is 0 Å². The molecule has 0 spiro atoms. The van der Waals surface area contributed by atoms with Gasteiger partial charge in [-0.25, -0.2) is 0 Å². The normalized spacial score (nSPS) is 12.5. The summed E-state index contributed by atoms with van der Waals surface area (Å²) in [4.78, 5) is 14.2. The fourth-order valence-electron chi connectivity index (χ4n) is 2.39. The molecule has 0 aliphatic rings. The molecule has 2 nitrogen and oxygen atoms in total. The molecule has 1 atom stereocenters. The van der Waals surface area contributed by atoms with Crippen molar-refractivity contribution >= 4 is 17.2 Å². The first-order valence-electron chi connectivity index (χ1n) is 6.41. The summed E-state index contributed by atoms with van der Waals surface area (Å²) >= 11 is 0. The van der Waals surface area contributed by atoms with Crippen molar-refractivity contribution in [2.75, 3.05) is 0 Å². The van der Waals surface area contributed by atoms with Gasteiger partial charge in [-0.2, -0.15) is 0 Å². The molecule has 0 saturated heterocycles. The predicted octanol–water partition coefficient (Wildman–Crippen LogP) is 4.13. The van der Waals surface area contributed by atoms with Crippen molar-refractivity contribution in [2.24, 2.45) is 0 Å². The summed E-state index contributed by atoms with van der Waals surface area (Å²) in [5, 5.41) is 1.14. The molecule has 0 radical (unpaired) electrons. The largest absolute Gasteiger partial charge is 0.358 e. The van der Waals surface area contributed by atoms with Crippen molar-refractivity contribution < 1.29 is 4.79 Å².